The fraction of sp³-hybridized carbons (Fsp3) is 0.400. The highest BCUT2D eigenvalue weighted by molar-refractivity contribution is 8.02. The van der Waals surface area contributed by atoms with Crippen molar-refractivity contribution in [3.8, 4) is 0 Å². The molecule has 0 fully saturated rings. The third kappa shape index (κ3) is 4.20. The molecule has 0 aliphatic rings. The molecular formula is C15H20N4OS2. The highest BCUT2D eigenvalue weighted by atomic mass is 32.2. The molecule has 2 rings (SSSR count). The van der Waals surface area contributed by atoms with E-state index in [9.17, 15) is 4.79 Å². The van der Waals surface area contributed by atoms with E-state index in [2.05, 4.69) is 41.5 Å². The summed E-state index contributed by atoms with van der Waals surface area (Å²) in [6, 6.07) is 6.18. The fourth-order valence-corrected chi connectivity index (χ4v) is 3.88. The zero-order valence-electron chi connectivity index (χ0n) is 13.4. The zero-order valence-corrected chi connectivity index (χ0v) is 15.0. The van der Waals surface area contributed by atoms with Gasteiger partial charge in [0.05, 0.1) is 5.25 Å². The molecule has 1 aromatic heterocycles. The molecule has 0 aliphatic carbocycles. The van der Waals surface area contributed by atoms with E-state index in [0.717, 1.165) is 15.2 Å². The van der Waals surface area contributed by atoms with E-state index in [4.69, 9.17) is 0 Å². The number of amides is 1. The first-order chi connectivity index (χ1) is 10.4. The molecule has 0 unspecified atom stereocenters. The van der Waals surface area contributed by atoms with Crippen LogP contribution in [0.4, 0.5) is 10.8 Å². The Labute approximate surface area is 139 Å². The standard InChI is InChI=1S/C15H20N4OS2/c1-9-6-7-12(8-10(9)2)16-14-17-18-15(22-14)21-11(3)13(20)19(4)5/h6-8,11H,1-5H3,(H,16,17)/t11-/m1/s1. The Bertz CT molecular complexity index is 669. The van der Waals surface area contributed by atoms with Crippen molar-refractivity contribution in [2.75, 3.05) is 19.4 Å². The highest BCUT2D eigenvalue weighted by Crippen LogP contribution is 2.31. The van der Waals surface area contributed by atoms with Gasteiger partial charge in [0.2, 0.25) is 11.0 Å². The summed E-state index contributed by atoms with van der Waals surface area (Å²) in [5.74, 6) is 0.0730. The van der Waals surface area contributed by atoms with E-state index in [0.29, 0.717) is 0 Å². The molecule has 0 saturated heterocycles. The van der Waals surface area contributed by atoms with Crippen LogP contribution in [0.5, 0.6) is 0 Å². The van der Waals surface area contributed by atoms with Crippen LogP contribution in [-0.2, 0) is 4.79 Å². The lowest BCUT2D eigenvalue weighted by molar-refractivity contribution is -0.127. The molecule has 7 heteroatoms. The van der Waals surface area contributed by atoms with E-state index in [1.54, 1.807) is 19.0 Å². The van der Waals surface area contributed by atoms with Crippen LogP contribution in [0.2, 0.25) is 0 Å². The zero-order chi connectivity index (χ0) is 16.3. The largest absolute Gasteiger partial charge is 0.348 e. The minimum Gasteiger partial charge on any atom is -0.348 e. The van der Waals surface area contributed by atoms with E-state index in [1.807, 2.05) is 13.0 Å². The maximum absolute atomic E-state index is 11.9. The molecule has 0 radical (unpaired) electrons. The topological polar surface area (TPSA) is 58.1 Å². The van der Waals surface area contributed by atoms with Crippen molar-refractivity contribution < 1.29 is 4.79 Å². The minimum atomic E-state index is -0.169. The number of anilines is 2. The van der Waals surface area contributed by atoms with Crippen molar-refractivity contribution >= 4 is 39.8 Å². The van der Waals surface area contributed by atoms with Gasteiger partial charge in [-0.3, -0.25) is 4.79 Å². The lowest BCUT2D eigenvalue weighted by Crippen LogP contribution is -2.29. The van der Waals surface area contributed by atoms with Crippen molar-refractivity contribution in [2.24, 2.45) is 0 Å². The van der Waals surface area contributed by atoms with Crippen LogP contribution in [0.15, 0.2) is 22.5 Å². The monoisotopic (exact) mass is 336 g/mol. The summed E-state index contributed by atoms with van der Waals surface area (Å²) < 4.78 is 0.786. The number of aromatic nitrogens is 2. The van der Waals surface area contributed by atoms with Gasteiger partial charge in [0, 0.05) is 19.8 Å². The van der Waals surface area contributed by atoms with Gasteiger partial charge in [-0.05, 0) is 44.0 Å². The van der Waals surface area contributed by atoms with Crippen LogP contribution in [0, 0.1) is 13.8 Å². The van der Waals surface area contributed by atoms with Crippen LogP contribution < -0.4 is 5.32 Å². The second-order valence-corrected chi connectivity index (χ2v) is 7.86. The molecule has 5 nitrogen and oxygen atoms in total. The SMILES string of the molecule is Cc1ccc(Nc2nnc(S[C@H](C)C(=O)N(C)C)s2)cc1C. The Morgan fingerprint density at radius 1 is 1.27 bits per heavy atom. The first-order valence-corrected chi connectivity index (χ1v) is 8.62. The van der Waals surface area contributed by atoms with E-state index in [1.165, 1.54) is 34.2 Å². The summed E-state index contributed by atoms with van der Waals surface area (Å²) in [4.78, 5) is 13.5. The maximum atomic E-state index is 11.9. The summed E-state index contributed by atoms with van der Waals surface area (Å²) in [5.41, 5.74) is 3.48. The van der Waals surface area contributed by atoms with Gasteiger partial charge in [0.1, 0.15) is 0 Å². The van der Waals surface area contributed by atoms with Crippen LogP contribution in [0.3, 0.4) is 0 Å². The van der Waals surface area contributed by atoms with Gasteiger partial charge in [0.15, 0.2) is 4.34 Å². The molecule has 1 heterocycles. The molecule has 0 aliphatic heterocycles. The third-order valence-corrected chi connectivity index (χ3v) is 5.24. The van der Waals surface area contributed by atoms with Gasteiger partial charge < -0.3 is 10.2 Å². The number of aryl methyl sites for hydroxylation is 2. The van der Waals surface area contributed by atoms with E-state index >= 15 is 0 Å². The molecule has 0 spiro atoms. The Morgan fingerprint density at radius 3 is 2.64 bits per heavy atom. The number of rotatable bonds is 5. The molecule has 118 valence electrons. The lowest BCUT2D eigenvalue weighted by atomic mass is 10.1. The molecule has 0 saturated carbocycles. The first-order valence-electron chi connectivity index (χ1n) is 6.92. The summed E-state index contributed by atoms with van der Waals surface area (Å²) >= 11 is 2.88. The predicted molar refractivity (Wildman–Crippen MR) is 93.1 cm³/mol. The van der Waals surface area contributed by atoms with Gasteiger partial charge in [-0.2, -0.15) is 0 Å². The maximum Gasteiger partial charge on any atom is 0.235 e. The van der Waals surface area contributed by atoms with Crippen LogP contribution >= 0.6 is 23.1 Å². The fourth-order valence-electron chi connectivity index (χ4n) is 1.82. The number of thioether (sulfide) groups is 1. The normalized spacial score (nSPS) is 12.0. The van der Waals surface area contributed by atoms with Crippen LogP contribution in [0.25, 0.3) is 0 Å². The molecule has 2 aromatic rings. The van der Waals surface area contributed by atoms with Gasteiger partial charge in [0.25, 0.3) is 0 Å². The number of nitrogens with one attached hydrogen (secondary N) is 1. The first kappa shape index (κ1) is 16.8. The van der Waals surface area contributed by atoms with Crippen LogP contribution in [-0.4, -0.2) is 40.3 Å². The average molecular weight is 336 g/mol. The molecule has 22 heavy (non-hydrogen) atoms. The number of carbonyl (C=O) groups excluding carboxylic acids is 1. The highest BCUT2D eigenvalue weighted by Gasteiger charge is 2.18. The average Bonchev–Trinajstić information content (AvgIpc) is 2.89. The quantitative estimate of drug-likeness (QED) is 0.847. The minimum absolute atomic E-state index is 0.0730. The summed E-state index contributed by atoms with van der Waals surface area (Å²) in [6.07, 6.45) is 0. The predicted octanol–water partition coefficient (Wildman–Crippen LogP) is 3.47. The summed E-state index contributed by atoms with van der Waals surface area (Å²) in [6.45, 7) is 6.04. The number of benzene rings is 1. The van der Waals surface area contributed by atoms with Gasteiger partial charge in [-0.15, -0.1) is 10.2 Å². The second kappa shape index (κ2) is 7.11. The van der Waals surface area contributed by atoms with Crippen molar-refractivity contribution in [1.82, 2.24) is 15.1 Å². The third-order valence-electron chi connectivity index (χ3n) is 3.23. The summed E-state index contributed by atoms with van der Waals surface area (Å²) in [7, 11) is 3.51. The van der Waals surface area contributed by atoms with E-state index in [-0.39, 0.29) is 11.2 Å². The van der Waals surface area contributed by atoms with Crippen LogP contribution in [0.1, 0.15) is 18.1 Å². The second-order valence-electron chi connectivity index (χ2n) is 5.29. The van der Waals surface area contributed by atoms with E-state index < -0.39 is 0 Å². The Morgan fingerprint density at radius 2 is 2.00 bits per heavy atom. The molecular weight excluding hydrogens is 316 g/mol. The lowest BCUT2D eigenvalue weighted by Gasteiger charge is -2.14. The summed E-state index contributed by atoms with van der Waals surface area (Å²) in [5, 5.41) is 12.1. The molecule has 0 bridgehead atoms. The molecule has 1 aromatic carbocycles. The number of hydrogen-bond acceptors (Lipinski definition) is 6. The Balaban J connectivity index is 2.02. The number of carbonyl (C=O) groups is 1. The van der Waals surface area contributed by atoms with Crippen molar-refractivity contribution in [1.29, 1.82) is 0 Å². The van der Waals surface area contributed by atoms with Crippen molar-refractivity contribution in [3.63, 3.8) is 0 Å². The number of hydrogen-bond donors (Lipinski definition) is 1. The van der Waals surface area contributed by atoms with Gasteiger partial charge in [-0.25, -0.2) is 0 Å². The molecule has 1 N–H and O–H groups in total. The van der Waals surface area contributed by atoms with Gasteiger partial charge >= 0.3 is 0 Å². The van der Waals surface area contributed by atoms with Gasteiger partial charge in [-0.1, -0.05) is 29.2 Å². The Kier molecular flexibility index (Phi) is 5.42. The van der Waals surface area contributed by atoms with Crippen molar-refractivity contribution in [2.45, 2.75) is 30.4 Å². The Hall–Kier alpha value is -1.60. The molecule has 1 amide bonds. The van der Waals surface area contributed by atoms with Crippen molar-refractivity contribution in [3.05, 3.63) is 29.3 Å². The number of nitrogens with zero attached hydrogens (tertiary/aromatic N) is 3. The smallest absolute Gasteiger partial charge is 0.235 e. The molecule has 1 atom stereocenters.